The Morgan fingerprint density at radius 1 is 0.688 bits per heavy atom. The van der Waals surface area contributed by atoms with Crippen LogP contribution in [0.25, 0.3) is 0 Å². The molecule has 98 valence electrons. The van der Waals surface area contributed by atoms with Crippen LogP contribution in [-0.4, -0.2) is 61.2 Å². The van der Waals surface area contributed by atoms with Crippen molar-refractivity contribution in [1.29, 1.82) is 0 Å². The van der Waals surface area contributed by atoms with E-state index >= 15 is 0 Å². The van der Waals surface area contributed by atoms with E-state index in [1.807, 2.05) is 0 Å². The van der Waals surface area contributed by atoms with Crippen molar-refractivity contribution in [2.24, 2.45) is 0 Å². The summed E-state index contributed by atoms with van der Waals surface area (Å²) in [4.78, 5) is 1.15. The van der Waals surface area contributed by atoms with Crippen LogP contribution in [-0.2, 0) is 0 Å². The van der Waals surface area contributed by atoms with Crippen LogP contribution in [0.15, 0.2) is 0 Å². The molecule has 2 unspecified atom stereocenters. The van der Waals surface area contributed by atoms with Crippen LogP contribution < -0.4 is 0 Å². The van der Waals surface area contributed by atoms with Crippen LogP contribution in [0.1, 0.15) is 25.7 Å². The number of unbranched alkanes of at least 4 members (excludes halogenated alkanes) is 1. The zero-order valence-corrected chi connectivity index (χ0v) is 14.8. The van der Waals surface area contributed by atoms with Gasteiger partial charge in [0.05, 0.1) is 42.3 Å². The smallest absolute Gasteiger partial charge is 0.143 e. The van der Waals surface area contributed by atoms with Gasteiger partial charge in [-0.15, -0.1) is 0 Å². The Morgan fingerprint density at radius 3 is 1.12 bits per heavy atom. The van der Waals surface area contributed by atoms with Gasteiger partial charge in [0.1, 0.15) is 9.90 Å². The fraction of sp³-hybridized carbons (Fsp3) is 1.00. The second-order valence-electron chi connectivity index (χ2n) is 6.39. The first-order chi connectivity index (χ1) is 7.05. The summed E-state index contributed by atoms with van der Waals surface area (Å²) in [5, 5.41) is 0. The highest BCUT2D eigenvalue weighted by Gasteiger charge is 2.21. The molecule has 0 aromatic rings. The Labute approximate surface area is 118 Å². The molecule has 2 atom stereocenters. The molecule has 0 aromatic heterocycles. The standard InChI is InChI=1S/C12H28Br2N2/c1-15(2,3)11(13)9-7-8-10-12(14)16(4,5)6/h11-12H,7-10H2,1-6H3/q+2. The lowest BCUT2D eigenvalue weighted by atomic mass is 10.1. The van der Waals surface area contributed by atoms with Crippen LogP contribution >= 0.6 is 31.9 Å². The van der Waals surface area contributed by atoms with Crippen molar-refractivity contribution < 1.29 is 8.97 Å². The van der Waals surface area contributed by atoms with Gasteiger partial charge in [0.25, 0.3) is 0 Å². The average Bonchev–Trinajstić information content (AvgIpc) is 2.08. The van der Waals surface area contributed by atoms with Gasteiger partial charge in [-0.25, -0.2) is 0 Å². The van der Waals surface area contributed by atoms with E-state index in [4.69, 9.17) is 0 Å². The molecule has 0 N–H and O–H groups in total. The molecule has 0 saturated heterocycles. The predicted octanol–water partition coefficient (Wildman–Crippen LogP) is 3.40. The van der Waals surface area contributed by atoms with E-state index in [0.29, 0.717) is 9.90 Å². The molecule has 0 amide bonds. The molecule has 0 saturated carbocycles. The predicted molar refractivity (Wildman–Crippen MR) is 80.0 cm³/mol. The van der Waals surface area contributed by atoms with Gasteiger partial charge in [-0.3, -0.25) is 0 Å². The zero-order valence-electron chi connectivity index (χ0n) is 11.6. The van der Waals surface area contributed by atoms with E-state index in [-0.39, 0.29) is 0 Å². The number of hydrogen-bond donors (Lipinski definition) is 0. The molecule has 2 nitrogen and oxygen atoms in total. The van der Waals surface area contributed by atoms with Crippen LogP contribution in [0.2, 0.25) is 0 Å². The molecule has 16 heavy (non-hydrogen) atoms. The van der Waals surface area contributed by atoms with Crippen LogP contribution in [0.5, 0.6) is 0 Å². The van der Waals surface area contributed by atoms with Gasteiger partial charge in [0.2, 0.25) is 0 Å². The third kappa shape index (κ3) is 7.25. The normalized spacial score (nSPS) is 17.2. The number of nitrogens with zero attached hydrogens (tertiary/aromatic N) is 2. The summed E-state index contributed by atoms with van der Waals surface area (Å²) in [5.41, 5.74) is 0. The minimum absolute atomic E-state index is 0.574. The molecule has 0 aliphatic heterocycles. The van der Waals surface area contributed by atoms with Gasteiger partial charge < -0.3 is 8.97 Å². The van der Waals surface area contributed by atoms with Gasteiger partial charge in [-0.05, 0) is 44.7 Å². The molecule has 0 spiro atoms. The van der Waals surface area contributed by atoms with Crippen molar-refractivity contribution in [2.75, 3.05) is 42.3 Å². The fourth-order valence-electron chi connectivity index (χ4n) is 1.40. The molecule has 0 rings (SSSR count). The maximum Gasteiger partial charge on any atom is 0.143 e. The van der Waals surface area contributed by atoms with Crippen molar-refractivity contribution in [3.05, 3.63) is 0 Å². The summed E-state index contributed by atoms with van der Waals surface area (Å²) in [5.74, 6) is 0. The van der Waals surface area contributed by atoms with Crippen molar-refractivity contribution in [3.63, 3.8) is 0 Å². The lowest BCUT2D eigenvalue weighted by Gasteiger charge is -2.31. The van der Waals surface area contributed by atoms with Crippen molar-refractivity contribution in [2.45, 2.75) is 35.6 Å². The number of halogens is 2. The lowest BCUT2D eigenvalue weighted by molar-refractivity contribution is -0.880. The first-order valence-electron chi connectivity index (χ1n) is 5.95. The fourth-order valence-corrected chi connectivity index (χ4v) is 2.05. The molecular weight excluding hydrogens is 332 g/mol. The molecule has 0 aliphatic rings. The number of rotatable bonds is 7. The van der Waals surface area contributed by atoms with Crippen molar-refractivity contribution in [1.82, 2.24) is 0 Å². The van der Waals surface area contributed by atoms with Gasteiger partial charge in [0, 0.05) is 12.8 Å². The Morgan fingerprint density at radius 2 is 0.938 bits per heavy atom. The first-order valence-corrected chi connectivity index (χ1v) is 7.78. The second kappa shape index (κ2) is 6.72. The van der Waals surface area contributed by atoms with Crippen molar-refractivity contribution in [3.8, 4) is 0 Å². The Kier molecular flexibility index (Phi) is 7.09. The molecule has 0 aliphatic carbocycles. The third-order valence-electron chi connectivity index (χ3n) is 2.82. The minimum Gasteiger partial charge on any atom is -0.320 e. The Hall–Kier alpha value is 0.880. The molecule has 4 heteroatoms. The summed E-state index contributed by atoms with van der Waals surface area (Å²) in [6.45, 7) is 0. The quantitative estimate of drug-likeness (QED) is 0.283. The average molecular weight is 360 g/mol. The highest BCUT2D eigenvalue weighted by molar-refractivity contribution is 9.09. The molecule has 0 fully saturated rings. The van der Waals surface area contributed by atoms with E-state index in [0.717, 1.165) is 8.97 Å². The van der Waals surface area contributed by atoms with Gasteiger partial charge in [-0.1, -0.05) is 0 Å². The summed E-state index contributed by atoms with van der Waals surface area (Å²) in [7, 11) is 13.4. The van der Waals surface area contributed by atoms with Gasteiger partial charge in [-0.2, -0.15) is 0 Å². The van der Waals surface area contributed by atoms with Gasteiger partial charge >= 0.3 is 0 Å². The van der Waals surface area contributed by atoms with Gasteiger partial charge in [0.15, 0.2) is 0 Å². The van der Waals surface area contributed by atoms with E-state index in [1.54, 1.807) is 0 Å². The molecular formula is C12H28Br2N2+2. The SMILES string of the molecule is C[N+](C)(C)C(Br)CCCCC(Br)[N+](C)(C)C. The van der Waals surface area contributed by atoms with E-state index in [1.165, 1.54) is 25.7 Å². The van der Waals surface area contributed by atoms with Crippen molar-refractivity contribution >= 4 is 31.9 Å². The maximum atomic E-state index is 3.76. The maximum absolute atomic E-state index is 3.76. The highest BCUT2D eigenvalue weighted by Crippen LogP contribution is 2.21. The largest absolute Gasteiger partial charge is 0.320 e. The van der Waals surface area contributed by atoms with Crippen LogP contribution in [0.3, 0.4) is 0 Å². The second-order valence-corrected chi connectivity index (χ2v) is 8.50. The zero-order chi connectivity index (χ0) is 13.0. The summed E-state index contributed by atoms with van der Waals surface area (Å²) in [6, 6.07) is 0. The Bertz CT molecular complexity index is 172. The number of hydrogen-bond acceptors (Lipinski definition) is 0. The highest BCUT2D eigenvalue weighted by atomic mass is 79.9. The van der Waals surface area contributed by atoms with E-state index in [2.05, 4.69) is 74.1 Å². The molecule has 0 radical (unpaired) electrons. The topological polar surface area (TPSA) is 0 Å². The van der Waals surface area contributed by atoms with Crippen LogP contribution in [0.4, 0.5) is 0 Å². The molecule has 0 bridgehead atoms. The molecule has 0 aromatic carbocycles. The van der Waals surface area contributed by atoms with E-state index in [9.17, 15) is 0 Å². The molecule has 0 heterocycles. The monoisotopic (exact) mass is 358 g/mol. The number of alkyl halides is 2. The summed E-state index contributed by atoms with van der Waals surface area (Å²) in [6.07, 6.45) is 5.10. The minimum atomic E-state index is 0.574. The lowest BCUT2D eigenvalue weighted by Crippen LogP contribution is -2.42. The first kappa shape index (κ1) is 16.9. The third-order valence-corrected chi connectivity index (χ3v) is 6.19. The summed E-state index contributed by atoms with van der Waals surface area (Å²) >= 11 is 7.52. The Balaban J connectivity index is 3.70. The van der Waals surface area contributed by atoms with Crippen LogP contribution in [0, 0.1) is 0 Å². The number of quaternary nitrogens is 2. The van der Waals surface area contributed by atoms with E-state index < -0.39 is 0 Å². The summed E-state index contributed by atoms with van der Waals surface area (Å²) < 4.78 is 1.99.